The molecule has 46 heavy (non-hydrogen) atoms. The molecule has 0 radical (unpaired) electrons. The van der Waals surface area contributed by atoms with Crippen molar-refractivity contribution in [1.82, 2.24) is 19.6 Å². The van der Waals surface area contributed by atoms with E-state index in [4.69, 9.17) is 0 Å². The number of amides is 4. The van der Waals surface area contributed by atoms with Crippen molar-refractivity contribution in [2.45, 2.75) is 68.7 Å². The zero-order valence-corrected chi connectivity index (χ0v) is 28.1. The summed E-state index contributed by atoms with van der Waals surface area (Å²) in [4.78, 5) is 58.2. The molecular formula is C30H28N6O6S4. The number of nitrogens with one attached hydrogen (secondary N) is 2. The van der Waals surface area contributed by atoms with Gasteiger partial charge in [0, 0.05) is 25.5 Å². The molecule has 4 amide bonds. The second kappa shape index (κ2) is 7.92. The van der Waals surface area contributed by atoms with Crippen LogP contribution in [0.4, 0.5) is 11.4 Å². The third kappa shape index (κ3) is 2.30. The Labute approximate surface area is 279 Å². The molecule has 2 aromatic rings. The van der Waals surface area contributed by atoms with Gasteiger partial charge in [-0.3, -0.25) is 29.0 Å². The normalized spacial score (nSPS) is 47.0. The van der Waals surface area contributed by atoms with Gasteiger partial charge in [0.2, 0.25) is 9.74 Å². The van der Waals surface area contributed by atoms with Gasteiger partial charge in [-0.2, -0.15) is 0 Å². The van der Waals surface area contributed by atoms with Gasteiger partial charge in [0.25, 0.3) is 23.6 Å². The van der Waals surface area contributed by atoms with Gasteiger partial charge < -0.3 is 30.6 Å². The fourth-order valence-corrected chi connectivity index (χ4v) is 16.9. The lowest BCUT2D eigenvalue weighted by Gasteiger charge is -2.58. The molecule has 10 aliphatic rings. The molecule has 0 saturated carbocycles. The summed E-state index contributed by atoms with van der Waals surface area (Å²) in [5.74, 6) is -1.52. The minimum Gasteiger partial charge on any atom is -0.388 e. The molecule has 0 aliphatic carbocycles. The number of nitrogens with zero attached hydrogens (tertiary/aromatic N) is 4. The Bertz CT molecular complexity index is 1760. The number of para-hydroxylation sites is 2. The molecule has 4 N–H and O–H groups in total. The highest BCUT2D eigenvalue weighted by molar-refractivity contribution is 8.78. The van der Waals surface area contributed by atoms with Crippen LogP contribution in [0.25, 0.3) is 0 Å². The average Bonchev–Trinajstić information content (AvgIpc) is 3.70. The Morgan fingerprint density at radius 2 is 0.978 bits per heavy atom. The third-order valence-electron chi connectivity index (χ3n) is 12.1. The molecule has 12 nitrogen and oxygen atoms in total. The number of fused-ring (bicyclic) bond motifs is 11. The molecule has 8 saturated heterocycles. The highest BCUT2D eigenvalue weighted by Gasteiger charge is 2.92. The van der Waals surface area contributed by atoms with E-state index in [2.05, 4.69) is 10.6 Å². The van der Waals surface area contributed by atoms with Crippen molar-refractivity contribution in [2.75, 3.05) is 24.7 Å². The minimum absolute atomic E-state index is 0.342. The number of anilines is 2. The zero-order valence-electron chi connectivity index (χ0n) is 24.9. The Morgan fingerprint density at radius 1 is 0.609 bits per heavy atom. The second-order valence-electron chi connectivity index (χ2n) is 13.5. The summed E-state index contributed by atoms with van der Waals surface area (Å²) in [6.07, 6.45) is -5.21. The number of hydrogen-bond acceptors (Lipinski definition) is 12. The Kier molecular flexibility index (Phi) is 4.87. The molecule has 16 heteroatoms. The largest absolute Gasteiger partial charge is 0.388 e. The van der Waals surface area contributed by atoms with E-state index in [0.29, 0.717) is 22.5 Å². The molecule has 0 unspecified atom stereocenters. The van der Waals surface area contributed by atoms with E-state index in [9.17, 15) is 29.4 Å². The van der Waals surface area contributed by atoms with Crippen molar-refractivity contribution in [1.29, 1.82) is 0 Å². The average molecular weight is 697 g/mol. The Hall–Kier alpha value is -2.76. The van der Waals surface area contributed by atoms with Crippen LogP contribution >= 0.6 is 43.2 Å². The first-order chi connectivity index (χ1) is 21.8. The number of rotatable bonds is 1. The number of likely N-dealkylation sites (N-methyl/N-ethyl adjacent to an activating group) is 2. The zero-order chi connectivity index (χ0) is 32.1. The van der Waals surface area contributed by atoms with Crippen LogP contribution in [0, 0.1) is 0 Å². The van der Waals surface area contributed by atoms with Crippen molar-refractivity contribution in [3.8, 4) is 0 Å². The van der Waals surface area contributed by atoms with E-state index < -0.39 is 66.7 Å². The van der Waals surface area contributed by atoms with E-state index in [0.717, 1.165) is 0 Å². The smallest absolute Gasteiger partial charge is 0.264 e. The van der Waals surface area contributed by atoms with Crippen LogP contribution in [0.5, 0.6) is 0 Å². The van der Waals surface area contributed by atoms with Crippen LogP contribution in [-0.2, 0) is 30.0 Å². The lowest BCUT2D eigenvalue weighted by Crippen LogP contribution is -2.77. The Balaban J connectivity index is 1.36. The van der Waals surface area contributed by atoms with Crippen LogP contribution in [0.15, 0.2) is 48.5 Å². The molecule has 10 aliphatic heterocycles. The van der Waals surface area contributed by atoms with Crippen LogP contribution < -0.4 is 10.6 Å². The highest BCUT2D eigenvalue weighted by Crippen LogP contribution is 2.78. The van der Waals surface area contributed by atoms with E-state index in [1.807, 2.05) is 48.5 Å². The summed E-state index contributed by atoms with van der Waals surface area (Å²) in [6.45, 7) is 3.42. The molecule has 12 rings (SSSR count). The van der Waals surface area contributed by atoms with Gasteiger partial charge in [0.05, 0.1) is 10.8 Å². The summed E-state index contributed by atoms with van der Waals surface area (Å²) in [5, 5.41) is 33.6. The van der Waals surface area contributed by atoms with Crippen molar-refractivity contribution in [2.24, 2.45) is 0 Å². The van der Waals surface area contributed by atoms with Gasteiger partial charge in [-0.15, -0.1) is 0 Å². The third-order valence-corrected chi connectivity index (χ3v) is 19.5. The molecule has 10 heterocycles. The second-order valence-corrected chi connectivity index (χ2v) is 19.0. The first-order valence-electron chi connectivity index (χ1n) is 14.9. The van der Waals surface area contributed by atoms with Crippen LogP contribution in [0.1, 0.15) is 25.0 Å². The highest BCUT2D eigenvalue weighted by atomic mass is 33.1. The predicted octanol–water partition coefficient (Wildman–Crippen LogP) is 1.33. The molecule has 4 bridgehead atoms. The monoisotopic (exact) mass is 696 g/mol. The summed E-state index contributed by atoms with van der Waals surface area (Å²) in [5.41, 5.74) is -0.775. The number of piperazine rings is 2. The van der Waals surface area contributed by atoms with Crippen LogP contribution in [0.2, 0.25) is 0 Å². The molecule has 2 spiro atoms. The van der Waals surface area contributed by atoms with Gasteiger partial charge in [0.1, 0.15) is 24.5 Å². The van der Waals surface area contributed by atoms with Gasteiger partial charge in [-0.25, -0.2) is 0 Å². The quantitative estimate of drug-likeness (QED) is 0.320. The minimum atomic E-state index is -1.76. The molecule has 238 valence electrons. The van der Waals surface area contributed by atoms with Gasteiger partial charge in [-0.1, -0.05) is 58.0 Å². The predicted molar refractivity (Wildman–Crippen MR) is 175 cm³/mol. The first kappa shape index (κ1) is 28.3. The van der Waals surface area contributed by atoms with Crippen molar-refractivity contribution in [3.63, 3.8) is 0 Å². The van der Waals surface area contributed by atoms with Gasteiger partial charge in [0.15, 0.2) is 9.74 Å². The lowest BCUT2D eigenvalue weighted by molar-refractivity contribution is -0.166. The molecule has 8 fully saturated rings. The maximum atomic E-state index is 14.7. The number of hydrogen-bond donors (Lipinski definition) is 4. The maximum Gasteiger partial charge on any atom is 0.264 e. The number of benzene rings is 2. The van der Waals surface area contributed by atoms with E-state index in [-0.39, 0.29) is 11.8 Å². The van der Waals surface area contributed by atoms with Crippen molar-refractivity contribution >= 4 is 78.2 Å². The maximum absolute atomic E-state index is 14.7. The van der Waals surface area contributed by atoms with Crippen molar-refractivity contribution < 1.29 is 29.4 Å². The SMILES string of the molecule is CN1C(=O)[C@]23SS[C@@]1(C)C(=O)N2[C@H]1Nc2ccccc2[C@@]1([C@@]12c4ccccc4N[C@@H]1N1C(=O)[C@@]4(C)SS[C@]1(C(=O)N4C)[C@H]2O)[C@@H]3O. The topological polar surface area (TPSA) is 146 Å². The summed E-state index contributed by atoms with van der Waals surface area (Å²) >= 11 is 0. The standard InChI is InChI=1S/C30H28N6O6S4/c1-25-21(39)35-19-27(13-9-5-7-11-15(13)31-19,17(37)29(35,45-43-25)23(41)33(25)3)28-14-10-6-8-12-16(14)32-20(28)36-22(40)26(2)34(4)24(42)30(36,18(28)38)46-44-26/h5-12,17-20,31-32,37-38H,1-4H3/t17-,18-,19+,20+,25-,26+,27+,28+,29-,30-/m0/s1. The lowest BCUT2D eigenvalue weighted by atomic mass is 9.52. The summed E-state index contributed by atoms with van der Waals surface area (Å²) < 4.78 is 0. The summed E-state index contributed by atoms with van der Waals surface area (Å²) in [7, 11) is 7.98. The Morgan fingerprint density at radius 3 is 1.37 bits per heavy atom. The molecular weight excluding hydrogens is 669 g/mol. The van der Waals surface area contributed by atoms with Crippen molar-refractivity contribution in [3.05, 3.63) is 59.7 Å². The van der Waals surface area contributed by atoms with Crippen LogP contribution in [0.3, 0.4) is 0 Å². The van der Waals surface area contributed by atoms with E-state index in [1.165, 1.54) is 62.8 Å². The summed E-state index contributed by atoms with van der Waals surface area (Å²) in [6, 6.07) is 14.8. The van der Waals surface area contributed by atoms with Crippen LogP contribution in [-0.4, -0.2) is 112 Å². The van der Waals surface area contributed by atoms with E-state index in [1.54, 1.807) is 27.9 Å². The number of carbonyl (C=O) groups is 4. The van der Waals surface area contributed by atoms with Gasteiger partial charge >= 0.3 is 0 Å². The molecule has 2 aromatic carbocycles. The fraction of sp³-hybridized carbons (Fsp3) is 0.467. The molecule has 10 atom stereocenters. The van der Waals surface area contributed by atoms with E-state index >= 15 is 0 Å². The number of aliphatic hydroxyl groups is 2. The fourth-order valence-electron chi connectivity index (χ4n) is 9.79. The first-order valence-corrected chi connectivity index (χ1v) is 19.2. The van der Waals surface area contributed by atoms with Gasteiger partial charge in [-0.05, 0) is 58.7 Å². The number of aliphatic hydroxyl groups excluding tert-OH is 2. The number of carbonyl (C=O) groups excluding carboxylic acids is 4. The molecule has 0 aromatic heterocycles.